The minimum Gasteiger partial charge on any atom is -0.333 e. The largest absolute Gasteiger partial charge is 0.333 e. The summed E-state index contributed by atoms with van der Waals surface area (Å²) >= 11 is 6.02. The predicted octanol–water partition coefficient (Wildman–Crippen LogP) is 3.27. The van der Waals surface area contributed by atoms with Crippen molar-refractivity contribution in [3.05, 3.63) is 52.8 Å². The number of nitrogens with zero attached hydrogens (tertiary/aromatic N) is 2. The van der Waals surface area contributed by atoms with Gasteiger partial charge >= 0.3 is 0 Å². The van der Waals surface area contributed by atoms with Gasteiger partial charge in [0, 0.05) is 30.7 Å². The number of imidazole rings is 1. The molecule has 1 heterocycles. The van der Waals surface area contributed by atoms with Crippen molar-refractivity contribution in [2.24, 2.45) is 0 Å². The molecule has 20 heavy (non-hydrogen) atoms. The third-order valence-corrected chi connectivity index (χ3v) is 3.39. The van der Waals surface area contributed by atoms with Gasteiger partial charge in [-0.3, -0.25) is 0 Å². The molecule has 0 aliphatic rings. The lowest BCUT2D eigenvalue weighted by atomic mass is 10.2. The average molecular weight is 296 g/mol. The standard InChI is InChI=1S/C15H19ClFN3/c1-2-6-18-7-5-14-10-20(11-19-14)9-12-3-4-13(17)8-15(12)16/h3-4,8,10-11,18H,2,5-7,9H2,1H3. The zero-order chi connectivity index (χ0) is 14.4. The number of hydrogen-bond acceptors (Lipinski definition) is 2. The third kappa shape index (κ3) is 4.32. The summed E-state index contributed by atoms with van der Waals surface area (Å²) in [5, 5.41) is 3.79. The van der Waals surface area contributed by atoms with Crippen molar-refractivity contribution < 1.29 is 4.39 Å². The second kappa shape index (κ2) is 7.41. The summed E-state index contributed by atoms with van der Waals surface area (Å²) < 4.78 is 14.9. The normalized spacial score (nSPS) is 10.9. The van der Waals surface area contributed by atoms with Crippen LogP contribution >= 0.6 is 11.6 Å². The van der Waals surface area contributed by atoms with Crippen LogP contribution in [0.5, 0.6) is 0 Å². The van der Waals surface area contributed by atoms with Crippen molar-refractivity contribution in [2.45, 2.75) is 26.3 Å². The van der Waals surface area contributed by atoms with Crippen molar-refractivity contribution in [3.8, 4) is 0 Å². The van der Waals surface area contributed by atoms with E-state index in [1.54, 1.807) is 12.4 Å². The summed E-state index contributed by atoms with van der Waals surface area (Å²) in [6.07, 6.45) is 5.84. The molecule has 0 saturated heterocycles. The molecular formula is C15H19ClFN3. The first-order valence-corrected chi connectivity index (χ1v) is 7.22. The van der Waals surface area contributed by atoms with Gasteiger partial charge in [-0.05, 0) is 30.7 Å². The number of rotatable bonds is 7. The molecule has 2 rings (SSSR count). The first-order chi connectivity index (χ1) is 9.69. The second-order valence-corrected chi connectivity index (χ2v) is 5.18. The molecule has 1 aromatic heterocycles. The van der Waals surface area contributed by atoms with Crippen LogP contribution in [0.25, 0.3) is 0 Å². The lowest BCUT2D eigenvalue weighted by Gasteiger charge is -2.05. The summed E-state index contributed by atoms with van der Waals surface area (Å²) in [6.45, 7) is 4.72. The van der Waals surface area contributed by atoms with Crippen molar-refractivity contribution in [2.75, 3.05) is 13.1 Å². The Kier molecular flexibility index (Phi) is 5.56. The van der Waals surface area contributed by atoms with Crippen LogP contribution in [0.4, 0.5) is 4.39 Å². The van der Waals surface area contributed by atoms with E-state index < -0.39 is 0 Å². The van der Waals surface area contributed by atoms with Crippen molar-refractivity contribution >= 4 is 11.6 Å². The Morgan fingerprint density at radius 3 is 2.95 bits per heavy atom. The molecule has 3 nitrogen and oxygen atoms in total. The SMILES string of the molecule is CCCNCCc1cn(Cc2ccc(F)cc2Cl)cn1. The van der Waals surface area contributed by atoms with Gasteiger partial charge in [-0.2, -0.15) is 0 Å². The van der Waals surface area contributed by atoms with Gasteiger partial charge < -0.3 is 9.88 Å². The van der Waals surface area contributed by atoms with Crippen LogP contribution in [0, 0.1) is 5.82 Å². The number of hydrogen-bond donors (Lipinski definition) is 1. The third-order valence-electron chi connectivity index (χ3n) is 3.04. The fourth-order valence-electron chi connectivity index (χ4n) is 1.99. The molecule has 108 valence electrons. The molecule has 0 aliphatic heterocycles. The highest BCUT2D eigenvalue weighted by Crippen LogP contribution is 2.18. The van der Waals surface area contributed by atoms with Gasteiger partial charge in [0.2, 0.25) is 0 Å². The Morgan fingerprint density at radius 2 is 2.20 bits per heavy atom. The highest BCUT2D eigenvalue weighted by molar-refractivity contribution is 6.31. The van der Waals surface area contributed by atoms with Gasteiger partial charge in [0.25, 0.3) is 0 Å². The minimum absolute atomic E-state index is 0.313. The summed E-state index contributed by atoms with van der Waals surface area (Å²) in [6, 6.07) is 4.47. The molecule has 0 bridgehead atoms. The van der Waals surface area contributed by atoms with E-state index in [0.717, 1.165) is 37.2 Å². The number of halogens is 2. The first-order valence-electron chi connectivity index (χ1n) is 6.84. The van der Waals surface area contributed by atoms with E-state index >= 15 is 0 Å². The monoisotopic (exact) mass is 295 g/mol. The lowest BCUT2D eigenvalue weighted by molar-refractivity contribution is 0.626. The molecule has 0 atom stereocenters. The van der Waals surface area contributed by atoms with Crippen molar-refractivity contribution in [1.82, 2.24) is 14.9 Å². The Hall–Kier alpha value is -1.39. The molecule has 5 heteroatoms. The quantitative estimate of drug-likeness (QED) is 0.795. The van der Waals surface area contributed by atoms with Gasteiger partial charge in [-0.15, -0.1) is 0 Å². The van der Waals surface area contributed by atoms with Crippen LogP contribution in [0.15, 0.2) is 30.7 Å². The Morgan fingerprint density at radius 1 is 1.35 bits per heavy atom. The summed E-state index contributed by atoms with van der Waals surface area (Å²) in [5.41, 5.74) is 1.94. The Bertz CT molecular complexity index is 554. The molecule has 0 unspecified atom stereocenters. The minimum atomic E-state index is -0.313. The van der Waals surface area contributed by atoms with E-state index in [0.29, 0.717) is 11.6 Å². The summed E-state index contributed by atoms with van der Waals surface area (Å²) in [5.74, 6) is -0.313. The molecule has 0 radical (unpaired) electrons. The van der Waals surface area contributed by atoms with Crippen LogP contribution in [-0.4, -0.2) is 22.6 Å². The summed E-state index contributed by atoms with van der Waals surface area (Å²) in [7, 11) is 0. The maximum atomic E-state index is 13.0. The number of nitrogens with one attached hydrogen (secondary N) is 1. The fourth-order valence-corrected chi connectivity index (χ4v) is 2.21. The number of aromatic nitrogens is 2. The molecule has 0 fully saturated rings. The zero-order valence-electron chi connectivity index (χ0n) is 11.6. The lowest BCUT2D eigenvalue weighted by Crippen LogP contribution is -2.17. The van der Waals surface area contributed by atoms with Crippen LogP contribution in [-0.2, 0) is 13.0 Å². The molecule has 1 aromatic carbocycles. The van der Waals surface area contributed by atoms with E-state index in [1.165, 1.54) is 12.1 Å². The van der Waals surface area contributed by atoms with Crippen LogP contribution in [0.1, 0.15) is 24.6 Å². The Balaban J connectivity index is 1.92. The summed E-state index contributed by atoms with van der Waals surface area (Å²) in [4.78, 5) is 4.36. The van der Waals surface area contributed by atoms with Gasteiger partial charge in [-0.25, -0.2) is 9.37 Å². The zero-order valence-corrected chi connectivity index (χ0v) is 12.3. The predicted molar refractivity (Wildman–Crippen MR) is 79.6 cm³/mol. The van der Waals surface area contributed by atoms with Gasteiger partial charge in [-0.1, -0.05) is 24.6 Å². The second-order valence-electron chi connectivity index (χ2n) is 4.77. The molecule has 0 aliphatic carbocycles. The average Bonchev–Trinajstić information content (AvgIpc) is 2.86. The van der Waals surface area contributed by atoms with Crippen molar-refractivity contribution in [1.29, 1.82) is 0 Å². The van der Waals surface area contributed by atoms with Crippen LogP contribution in [0.2, 0.25) is 5.02 Å². The first kappa shape index (κ1) is 15.0. The maximum Gasteiger partial charge on any atom is 0.124 e. The highest BCUT2D eigenvalue weighted by Gasteiger charge is 2.04. The van der Waals surface area contributed by atoms with Gasteiger partial charge in [0.15, 0.2) is 0 Å². The number of benzene rings is 1. The topological polar surface area (TPSA) is 29.9 Å². The van der Waals surface area contributed by atoms with Crippen LogP contribution in [0.3, 0.4) is 0 Å². The smallest absolute Gasteiger partial charge is 0.124 e. The molecule has 1 N–H and O–H groups in total. The molecule has 2 aromatic rings. The van der Waals surface area contributed by atoms with Crippen LogP contribution < -0.4 is 5.32 Å². The molecule has 0 spiro atoms. The van der Waals surface area contributed by atoms with E-state index in [-0.39, 0.29) is 5.82 Å². The van der Waals surface area contributed by atoms with Gasteiger partial charge in [0.05, 0.1) is 12.0 Å². The Labute approximate surface area is 123 Å². The van der Waals surface area contributed by atoms with E-state index in [4.69, 9.17) is 11.6 Å². The van der Waals surface area contributed by atoms with Crippen molar-refractivity contribution in [3.63, 3.8) is 0 Å². The molecule has 0 amide bonds. The fraction of sp³-hybridized carbons (Fsp3) is 0.400. The van der Waals surface area contributed by atoms with E-state index in [2.05, 4.69) is 17.2 Å². The van der Waals surface area contributed by atoms with Gasteiger partial charge in [0.1, 0.15) is 5.82 Å². The van der Waals surface area contributed by atoms with E-state index in [9.17, 15) is 4.39 Å². The highest BCUT2D eigenvalue weighted by atomic mass is 35.5. The molecule has 0 saturated carbocycles. The maximum absolute atomic E-state index is 13.0. The van der Waals surface area contributed by atoms with E-state index in [1.807, 2.05) is 10.8 Å². The molecular weight excluding hydrogens is 277 g/mol.